The minimum absolute atomic E-state index is 0.0703. The van der Waals surface area contributed by atoms with Crippen molar-refractivity contribution in [3.05, 3.63) is 95.6 Å². The number of sulfonamides is 1. The Labute approximate surface area is 216 Å². The van der Waals surface area contributed by atoms with Crippen molar-refractivity contribution >= 4 is 33.5 Å². The van der Waals surface area contributed by atoms with E-state index in [0.717, 1.165) is 21.1 Å². The molecule has 9 heteroatoms. The number of aromatic nitrogens is 2. The number of hydrogen-bond donors (Lipinski definition) is 1. The quantitative estimate of drug-likeness (QED) is 0.329. The number of rotatable bonds is 8. The second-order valence-corrected chi connectivity index (χ2v) is 11.0. The average Bonchev–Trinajstić information content (AvgIpc) is 3.27. The number of benzene rings is 3. The molecule has 0 fully saturated rings. The first-order chi connectivity index (χ1) is 17.1. The van der Waals surface area contributed by atoms with Crippen LogP contribution in [0.2, 0.25) is 5.02 Å². The summed E-state index contributed by atoms with van der Waals surface area (Å²) >= 11 is 5.92. The van der Waals surface area contributed by atoms with Crippen LogP contribution in [-0.2, 0) is 14.8 Å². The molecule has 0 aliphatic heterocycles. The number of aryl methyl sites for hydroxylation is 1. The van der Waals surface area contributed by atoms with Gasteiger partial charge in [0.25, 0.3) is 0 Å². The van der Waals surface area contributed by atoms with E-state index in [-0.39, 0.29) is 11.4 Å². The molecule has 0 unspecified atom stereocenters. The van der Waals surface area contributed by atoms with Gasteiger partial charge in [0.1, 0.15) is 0 Å². The minimum atomic E-state index is -3.92. The summed E-state index contributed by atoms with van der Waals surface area (Å²) < 4.78 is 29.5. The topological polar surface area (TPSA) is 84.3 Å². The molecule has 4 rings (SSSR count). The van der Waals surface area contributed by atoms with Gasteiger partial charge >= 0.3 is 0 Å². The van der Waals surface area contributed by atoms with Gasteiger partial charge in [0.15, 0.2) is 0 Å². The molecule has 0 saturated carbocycles. The summed E-state index contributed by atoms with van der Waals surface area (Å²) in [6.07, 6.45) is 1.85. The highest BCUT2D eigenvalue weighted by Gasteiger charge is 2.29. The number of anilines is 1. The van der Waals surface area contributed by atoms with Crippen LogP contribution in [0.5, 0.6) is 0 Å². The van der Waals surface area contributed by atoms with Gasteiger partial charge in [-0.05, 0) is 57.2 Å². The molecule has 7 nitrogen and oxygen atoms in total. The molecule has 4 aromatic rings. The Balaban J connectivity index is 1.64. The Bertz CT molecular complexity index is 1450. The van der Waals surface area contributed by atoms with Crippen LogP contribution in [0.4, 0.5) is 5.95 Å². The maximum Gasteiger partial charge on any atom is 0.243 e. The zero-order valence-electron chi connectivity index (χ0n) is 20.2. The Kier molecular flexibility index (Phi) is 7.59. The molecular formula is C27H27ClN4O3S. The zero-order chi connectivity index (χ0) is 25.9. The largest absolute Gasteiger partial charge is 0.294 e. The third-order valence-corrected chi connectivity index (χ3v) is 7.92. The highest BCUT2D eigenvalue weighted by molar-refractivity contribution is 7.89. The van der Waals surface area contributed by atoms with Crippen molar-refractivity contribution in [2.45, 2.75) is 31.7 Å². The lowest BCUT2D eigenvalue weighted by Crippen LogP contribution is -2.42. The Morgan fingerprint density at radius 2 is 1.64 bits per heavy atom. The molecule has 3 aromatic carbocycles. The summed E-state index contributed by atoms with van der Waals surface area (Å²) in [5, 5.41) is 3.25. The molecule has 1 aromatic heterocycles. The molecular weight excluding hydrogens is 496 g/mol. The zero-order valence-corrected chi connectivity index (χ0v) is 21.8. The highest BCUT2D eigenvalue weighted by atomic mass is 35.5. The second-order valence-electron chi connectivity index (χ2n) is 8.67. The lowest BCUT2D eigenvalue weighted by atomic mass is 10.2. The van der Waals surface area contributed by atoms with E-state index in [4.69, 9.17) is 11.6 Å². The van der Waals surface area contributed by atoms with Gasteiger partial charge in [0.2, 0.25) is 21.9 Å². The van der Waals surface area contributed by atoms with Crippen molar-refractivity contribution in [1.82, 2.24) is 13.9 Å². The Morgan fingerprint density at radius 1 is 1.00 bits per heavy atom. The van der Waals surface area contributed by atoms with Gasteiger partial charge in [0, 0.05) is 28.5 Å². The van der Waals surface area contributed by atoms with Crippen molar-refractivity contribution in [1.29, 1.82) is 0 Å². The van der Waals surface area contributed by atoms with E-state index in [1.807, 2.05) is 67.7 Å². The van der Waals surface area contributed by atoms with Gasteiger partial charge < -0.3 is 0 Å². The van der Waals surface area contributed by atoms with Crippen LogP contribution < -0.4 is 5.32 Å². The van der Waals surface area contributed by atoms with Gasteiger partial charge in [-0.15, -0.1) is 0 Å². The van der Waals surface area contributed by atoms with E-state index in [1.165, 1.54) is 24.3 Å². The molecule has 1 N–H and O–H groups in total. The molecule has 0 aliphatic rings. The van der Waals surface area contributed by atoms with Crippen LogP contribution in [0.3, 0.4) is 0 Å². The van der Waals surface area contributed by atoms with Gasteiger partial charge in [-0.2, -0.15) is 4.31 Å². The number of imidazole rings is 1. The summed E-state index contributed by atoms with van der Waals surface area (Å²) in [6, 6.07) is 22.9. The minimum Gasteiger partial charge on any atom is -0.294 e. The van der Waals surface area contributed by atoms with E-state index in [1.54, 1.807) is 18.4 Å². The number of hydrogen-bond acceptors (Lipinski definition) is 4. The lowest BCUT2D eigenvalue weighted by Gasteiger charge is -2.25. The van der Waals surface area contributed by atoms with Gasteiger partial charge in [-0.25, -0.2) is 13.4 Å². The molecule has 1 amide bonds. The molecule has 0 saturated heterocycles. The molecule has 1 heterocycles. The van der Waals surface area contributed by atoms with Crippen LogP contribution in [0.25, 0.3) is 16.9 Å². The number of nitrogens with one attached hydrogen (secondary N) is 1. The number of nitrogens with zero attached hydrogens (tertiary/aromatic N) is 3. The number of carbonyl (C=O) groups excluding carboxylic acids is 1. The van der Waals surface area contributed by atoms with E-state index in [0.29, 0.717) is 16.7 Å². The molecule has 186 valence electrons. The SMILES string of the molecule is Cc1ccc(-n2cc(-c3ccccc3)nc2NC(=O)CN(C(C)C)S(=O)(=O)c2ccc(Cl)cc2)cc1. The first kappa shape index (κ1) is 25.6. The van der Waals surface area contributed by atoms with Crippen LogP contribution >= 0.6 is 11.6 Å². The van der Waals surface area contributed by atoms with Gasteiger partial charge in [0.05, 0.1) is 17.1 Å². The van der Waals surface area contributed by atoms with E-state index >= 15 is 0 Å². The standard InChI is InChI=1S/C27H27ClN4O3S/c1-19(2)32(36(34,35)24-15-11-22(28)12-16-24)18-26(33)30-27-29-25(21-7-5-4-6-8-21)17-31(27)23-13-9-20(3)10-14-23/h4-17,19H,18H2,1-3H3,(H,29,30,33). The van der Waals surface area contributed by atoms with E-state index in [9.17, 15) is 13.2 Å². The van der Waals surface area contributed by atoms with Crippen molar-refractivity contribution in [3.8, 4) is 16.9 Å². The summed E-state index contributed by atoms with van der Waals surface area (Å²) in [5.41, 5.74) is 3.50. The van der Waals surface area contributed by atoms with Crippen molar-refractivity contribution in [3.63, 3.8) is 0 Å². The number of amides is 1. The van der Waals surface area contributed by atoms with Crippen molar-refractivity contribution < 1.29 is 13.2 Å². The first-order valence-electron chi connectivity index (χ1n) is 11.4. The van der Waals surface area contributed by atoms with Gasteiger partial charge in [-0.3, -0.25) is 14.7 Å². The normalized spacial score (nSPS) is 11.7. The van der Waals surface area contributed by atoms with Crippen LogP contribution in [0.1, 0.15) is 19.4 Å². The fraction of sp³-hybridized carbons (Fsp3) is 0.185. The number of halogens is 1. The van der Waals surface area contributed by atoms with E-state index < -0.39 is 22.0 Å². The summed E-state index contributed by atoms with van der Waals surface area (Å²) in [6.45, 7) is 5.07. The smallest absolute Gasteiger partial charge is 0.243 e. The predicted molar refractivity (Wildman–Crippen MR) is 143 cm³/mol. The average molecular weight is 523 g/mol. The van der Waals surface area contributed by atoms with Crippen LogP contribution in [-0.4, -0.2) is 40.8 Å². The highest BCUT2D eigenvalue weighted by Crippen LogP contribution is 2.25. The molecule has 0 atom stereocenters. The molecule has 0 aliphatic carbocycles. The van der Waals surface area contributed by atoms with Crippen molar-refractivity contribution in [2.24, 2.45) is 0 Å². The summed E-state index contributed by atoms with van der Waals surface area (Å²) in [7, 11) is -3.92. The third-order valence-electron chi connectivity index (χ3n) is 5.63. The fourth-order valence-electron chi connectivity index (χ4n) is 3.71. The molecule has 0 bridgehead atoms. The fourth-order valence-corrected chi connectivity index (χ4v) is 5.43. The maximum atomic E-state index is 13.3. The molecule has 0 radical (unpaired) electrons. The monoisotopic (exact) mass is 522 g/mol. The van der Waals surface area contributed by atoms with E-state index in [2.05, 4.69) is 10.3 Å². The number of carbonyl (C=O) groups is 1. The maximum absolute atomic E-state index is 13.3. The first-order valence-corrected chi connectivity index (χ1v) is 13.3. The Hall–Kier alpha value is -3.46. The van der Waals surface area contributed by atoms with Crippen molar-refractivity contribution in [2.75, 3.05) is 11.9 Å². The predicted octanol–water partition coefficient (Wildman–Crippen LogP) is 5.54. The molecule has 36 heavy (non-hydrogen) atoms. The lowest BCUT2D eigenvalue weighted by molar-refractivity contribution is -0.116. The third kappa shape index (κ3) is 5.67. The van der Waals surface area contributed by atoms with Crippen LogP contribution in [0.15, 0.2) is 90.0 Å². The summed E-state index contributed by atoms with van der Waals surface area (Å²) in [4.78, 5) is 17.9. The summed E-state index contributed by atoms with van der Waals surface area (Å²) in [5.74, 6) is -0.199. The van der Waals surface area contributed by atoms with Gasteiger partial charge in [-0.1, -0.05) is 59.6 Å². The van der Waals surface area contributed by atoms with Crippen LogP contribution in [0, 0.1) is 6.92 Å². The molecule has 0 spiro atoms. The Morgan fingerprint density at radius 3 is 2.25 bits per heavy atom. The second kappa shape index (κ2) is 10.7.